The fraction of sp³-hybridized carbons (Fsp3) is 0.750. The predicted octanol–water partition coefficient (Wildman–Crippen LogP) is 2.39. The van der Waals surface area contributed by atoms with Gasteiger partial charge in [-0.2, -0.15) is 5.10 Å². The van der Waals surface area contributed by atoms with Gasteiger partial charge in [0.05, 0.1) is 12.8 Å². The highest BCUT2D eigenvalue weighted by atomic mass is 16.5. The van der Waals surface area contributed by atoms with E-state index in [1.807, 2.05) is 17.9 Å². The highest BCUT2D eigenvalue weighted by Crippen LogP contribution is 2.24. The van der Waals surface area contributed by atoms with Gasteiger partial charge in [0.15, 0.2) is 0 Å². The van der Waals surface area contributed by atoms with E-state index in [1.54, 1.807) is 0 Å². The molecule has 0 aliphatic heterocycles. The molecular weight excluding hydrogens is 266 g/mol. The fourth-order valence-corrected chi connectivity index (χ4v) is 2.41. The quantitative estimate of drug-likeness (QED) is 0.819. The molecule has 0 fully saturated rings. The number of hydrogen-bond donors (Lipinski definition) is 1. The van der Waals surface area contributed by atoms with Crippen LogP contribution in [0.5, 0.6) is 0 Å². The topological polar surface area (TPSA) is 56.1 Å². The van der Waals surface area contributed by atoms with Crippen molar-refractivity contribution in [3.63, 3.8) is 0 Å². The molecule has 0 aromatic carbocycles. The van der Waals surface area contributed by atoms with Crippen LogP contribution in [0.25, 0.3) is 0 Å². The second kappa shape index (κ2) is 7.07. The van der Waals surface area contributed by atoms with E-state index in [-0.39, 0.29) is 17.4 Å². The van der Waals surface area contributed by atoms with Crippen molar-refractivity contribution in [3.05, 3.63) is 17.5 Å². The molecule has 1 unspecified atom stereocenters. The lowest BCUT2D eigenvalue weighted by atomic mass is 9.89. The zero-order chi connectivity index (χ0) is 16.2. The van der Waals surface area contributed by atoms with E-state index < -0.39 is 0 Å². The Kier molecular flexibility index (Phi) is 5.96. The van der Waals surface area contributed by atoms with Crippen molar-refractivity contribution in [2.75, 3.05) is 7.11 Å². The monoisotopic (exact) mass is 295 g/mol. The minimum Gasteiger partial charge on any atom is -0.468 e. The molecule has 21 heavy (non-hydrogen) atoms. The van der Waals surface area contributed by atoms with E-state index in [2.05, 4.69) is 45.0 Å². The summed E-state index contributed by atoms with van der Waals surface area (Å²) in [5, 5.41) is 7.86. The Morgan fingerprint density at radius 2 is 2.05 bits per heavy atom. The Morgan fingerprint density at radius 3 is 2.52 bits per heavy atom. The van der Waals surface area contributed by atoms with Crippen LogP contribution < -0.4 is 5.32 Å². The van der Waals surface area contributed by atoms with Crippen LogP contribution in [0.2, 0.25) is 0 Å². The van der Waals surface area contributed by atoms with Crippen LogP contribution in [0.15, 0.2) is 6.20 Å². The number of rotatable bonds is 6. The highest BCUT2D eigenvalue weighted by Gasteiger charge is 2.24. The maximum Gasteiger partial charge on any atom is 0.322 e. The van der Waals surface area contributed by atoms with Gasteiger partial charge in [-0.3, -0.25) is 9.48 Å². The number of carbonyl (C=O) groups excluding carboxylic acids is 1. The SMILES string of the molecule is COC(=O)C(CC(C)C)NCc1cn(C)nc1C(C)(C)C. The Hall–Kier alpha value is -1.36. The normalized spacial score (nSPS) is 13.5. The summed E-state index contributed by atoms with van der Waals surface area (Å²) in [6.45, 7) is 11.2. The van der Waals surface area contributed by atoms with E-state index in [0.717, 1.165) is 17.7 Å². The number of ether oxygens (including phenoxy) is 1. The molecule has 0 saturated heterocycles. The molecule has 1 heterocycles. The van der Waals surface area contributed by atoms with Gasteiger partial charge in [0.1, 0.15) is 6.04 Å². The summed E-state index contributed by atoms with van der Waals surface area (Å²) in [5.74, 6) is 0.225. The molecule has 0 amide bonds. The number of hydrogen-bond acceptors (Lipinski definition) is 4. The first-order valence-corrected chi connectivity index (χ1v) is 7.49. The van der Waals surface area contributed by atoms with Crippen molar-refractivity contribution in [3.8, 4) is 0 Å². The number of methoxy groups -OCH3 is 1. The van der Waals surface area contributed by atoms with Gasteiger partial charge in [-0.05, 0) is 12.3 Å². The van der Waals surface area contributed by atoms with Crippen molar-refractivity contribution in [1.29, 1.82) is 0 Å². The van der Waals surface area contributed by atoms with E-state index in [4.69, 9.17) is 4.74 Å². The van der Waals surface area contributed by atoms with E-state index in [9.17, 15) is 4.79 Å². The van der Waals surface area contributed by atoms with Gasteiger partial charge in [0, 0.05) is 30.8 Å². The average Bonchev–Trinajstić information content (AvgIpc) is 2.74. The Labute approximate surface area is 128 Å². The van der Waals surface area contributed by atoms with Crippen molar-refractivity contribution in [2.24, 2.45) is 13.0 Å². The molecule has 1 rings (SSSR count). The van der Waals surface area contributed by atoms with E-state index >= 15 is 0 Å². The van der Waals surface area contributed by atoms with Gasteiger partial charge >= 0.3 is 5.97 Å². The summed E-state index contributed by atoms with van der Waals surface area (Å²) in [7, 11) is 3.35. The van der Waals surface area contributed by atoms with Gasteiger partial charge in [-0.25, -0.2) is 0 Å². The third-order valence-corrected chi connectivity index (χ3v) is 3.35. The van der Waals surface area contributed by atoms with Crippen molar-refractivity contribution >= 4 is 5.97 Å². The lowest BCUT2D eigenvalue weighted by Crippen LogP contribution is -2.38. The second-order valence-electron chi connectivity index (χ2n) is 7.01. The third kappa shape index (κ3) is 5.16. The third-order valence-electron chi connectivity index (χ3n) is 3.35. The summed E-state index contributed by atoms with van der Waals surface area (Å²) >= 11 is 0. The summed E-state index contributed by atoms with van der Waals surface area (Å²) in [5.41, 5.74) is 2.17. The number of esters is 1. The minimum absolute atomic E-state index is 0.0168. The maximum atomic E-state index is 11.9. The number of aryl methyl sites for hydroxylation is 1. The largest absolute Gasteiger partial charge is 0.468 e. The van der Waals surface area contributed by atoms with E-state index in [1.165, 1.54) is 7.11 Å². The molecule has 5 heteroatoms. The van der Waals surface area contributed by atoms with E-state index in [0.29, 0.717) is 12.5 Å². The second-order valence-corrected chi connectivity index (χ2v) is 7.01. The van der Waals surface area contributed by atoms with Crippen molar-refractivity contribution in [2.45, 2.75) is 59.0 Å². The predicted molar refractivity (Wildman–Crippen MR) is 84.0 cm³/mol. The summed E-state index contributed by atoms with van der Waals surface area (Å²) < 4.78 is 6.71. The summed E-state index contributed by atoms with van der Waals surface area (Å²) in [6, 6.07) is -0.275. The first kappa shape index (κ1) is 17.7. The van der Waals surface area contributed by atoms with Gasteiger partial charge in [-0.15, -0.1) is 0 Å². The average molecular weight is 295 g/mol. The molecule has 0 aliphatic rings. The Balaban J connectivity index is 2.83. The zero-order valence-electron chi connectivity index (χ0n) is 14.4. The molecule has 1 N–H and O–H groups in total. The summed E-state index contributed by atoms with van der Waals surface area (Å²) in [6.07, 6.45) is 2.77. The molecule has 0 radical (unpaired) electrons. The van der Waals surface area contributed by atoms with Crippen LogP contribution >= 0.6 is 0 Å². The number of nitrogens with zero attached hydrogens (tertiary/aromatic N) is 2. The zero-order valence-corrected chi connectivity index (χ0v) is 14.4. The molecule has 1 aromatic heterocycles. The number of carbonyl (C=O) groups is 1. The molecule has 0 spiro atoms. The van der Waals surface area contributed by atoms with Crippen LogP contribution in [0.1, 0.15) is 52.3 Å². The molecule has 5 nitrogen and oxygen atoms in total. The molecule has 0 saturated carbocycles. The van der Waals surface area contributed by atoms with Crippen LogP contribution in [0, 0.1) is 5.92 Å². The number of nitrogens with one attached hydrogen (secondary N) is 1. The molecule has 1 atom stereocenters. The highest BCUT2D eigenvalue weighted by molar-refractivity contribution is 5.75. The fourth-order valence-electron chi connectivity index (χ4n) is 2.41. The summed E-state index contributed by atoms with van der Waals surface area (Å²) in [4.78, 5) is 11.9. The lowest BCUT2D eigenvalue weighted by molar-refractivity contribution is -0.143. The molecule has 0 bridgehead atoms. The van der Waals surface area contributed by atoms with Gasteiger partial charge in [-0.1, -0.05) is 34.6 Å². The van der Waals surface area contributed by atoms with Crippen LogP contribution in [-0.4, -0.2) is 28.9 Å². The molecule has 120 valence electrons. The number of aromatic nitrogens is 2. The first-order chi connectivity index (χ1) is 9.65. The first-order valence-electron chi connectivity index (χ1n) is 7.49. The van der Waals surface area contributed by atoms with Crippen molar-refractivity contribution < 1.29 is 9.53 Å². The Bertz CT molecular complexity index is 472. The molecule has 1 aromatic rings. The molecular formula is C16H29N3O2. The van der Waals surface area contributed by atoms with Crippen LogP contribution in [-0.2, 0) is 28.5 Å². The van der Waals surface area contributed by atoms with Crippen molar-refractivity contribution in [1.82, 2.24) is 15.1 Å². The van der Waals surface area contributed by atoms with Crippen LogP contribution in [0.3, 0.4) is 0 Å². The maximum absolute atomic E-state index is 11.9. The van der Waals surface area contributed by atoms with Gasteiger partial charge < -0.3 is 10.1 Å². The lowest BCUT2D eigenvalue weighted by Gasteiger charge is -2.21. The van der Waals surface area contributed by atoms with Gasteiger partial charge in [0.2, 0.25) is 0 Å². The standard InChI is InChI=1S/C16H29N3O2/c1-11(2)8-13(15(20)21-7)17-9-12-10-19(6)18-14(12)16(3,4)5/h10-11,13,17H,8-9H2,1-7H3. The van der Waals surface area contributed by atoms with Gasteiger partial charge in [0.25, 0.3) is 0 Å². The molecule has 0 aliphatic carbocycles. The smallest absolute Gasteiger partial charge is 0.322 e. The minimum atomic E-state index is -0.275. The van der Waals surface area contributed by atoms with Crippen LogP contribution in [0.4, 0.5) is 0 Å². The Morgan fingerprint density at radius 1 is 1.43 bits per heavy atom.